The van der Waals surface area contributed by atoms with Crippen molar-refractivity contribution in [1.82, 2.24) is 15.1 Å². The number of ether oxygens (including phenoxy) is 3. The molecule has 12 heteroatoms. The molecular formula is C23H24F4N4O4. The van der Waals surface area contributed by atoms with Gasteiger partial charge in [-0.2, -0.15) is 0 Å². The molecule has 8 nitrogen and oxygen atoms in total. The summed E-state index contributed by atoms with van der Waals surface area (Å²) in [5, 5.41) is 9.46. The summed E-state index contributed by atoms with van der Waals surface area (Å²) in [6, 6.07) is 12.2. The van der Waals surface area contributed by atoms with Gasteiger partial charge in [0.05, 0.1) is 17.9 Å². The minimum atomic E-state index is -4.89. The van der Waals surface area contributed by atoms with Crippen molar-refractivity contribution in [1.29, 1.82) is 0 Å². The molecule has 2 aromatic carbocycles. The van der Waals surface area contributed by atoms with Crippen LogP contribution in [0.2, 0.25) is 0 Å². The fourth-order valence-corrected chi connectivity index (χ4v) is 3.23. The number of hydrogen-bond donors (Lipinski definition) is 2. The number of amides is 2. The van der Waals surface area contributed by atoms with E-state index in [0.717, 1.165) is 0 Å². The maximum absolute atomic E-state index is 12.8. The molecule has 0 spiro atoms. The molecule has 0 aliphatic heterocycles. The highest BCUT2D eigenvalue weighted by atomic mass is 19.4. The first kappa shape index (κ1) is 25.8. The van der Waals surface area contributed by atoms with Crippen LogP contribution in [0, 0.1) is 6.92 Å². The van der Waals surface area contributed by atoms with E-state index in [1.807, 2.05) is 0 Å². The fraction of sp³-hybridized carbons (Fsp3) is 0.304. The van der Waals surface area contributed by atoms with E-state index in [0.29, 0.717) is 16.8 Å². The van der Waals surface area contributed by atoms with E-state index in [9.17, 15) is 22.4 Å². The third kappa shape index (κ3) is 7.09. The van der Waals surface area contributed by atoms with Gasteiger partial charge in [-0.1, -0.05) is 24.3 Å². The Morgan fingerprint density at radius 1 is 1.14 bits per heavy atom. The van der Waals surface area contributed by atoms with E-state index >= 15 is 0 Å². The van der Waals surface area contributed by atoms with Crippen LogP contribution in [-0.2, 0) is 17.9 Å². The second-order valence-electron chi connectivity index (χ2n) is 7.29. The lowest BCUT2D eigenvalue weighted by atomic mass is 10.1. The summed E-state index contributed by atoms with van der Waals surface area (Å²) in [7, 11) is 1.45. The molecule has 0 aliphatic rings. The number of nitrogens with one attached hydrogen (secondary N) is 2. The summed E-state index contributed by atoms with van der Waals surface area (Å²) >= 11 is 0. The van der Waals surface area contributed by atoms with E-state index in [-0.39, 0.29) is 37.0 Å². The van der Waals surface area contributed by atoms with Crippen LogP contribution in [0.3, 0.4) is 0 Å². The Labute approximate surface area is 198 Å². The van der Waals surface area contributed by atoms with E-state index in [4.69, 9.17) is 9.47 Å². The number of alkyl halides is 4. The molecule has 0 aliphatic carbocycles. The molecule has 3 rings (SSSR count). The summed E-state index contributed by atoms with van der Waals surface area (Å²) in [4.78, 5) is 12.7. The van der Waals surface area contributed by atoms with Gasteiger partial charge in [0.15, 0.2) is 0 Å². The predicted octanol–water partition coefficient (Wildman–Crippen LogP) is 4.90. The Kier molecular flexibility index (Phi) is 8.53. The van der Waals surface area contributed by atoms with Gasteiger partial charge in [0.2, 0.25) is 5.88 Å². The fourth-order valence-electron chi connectivity index (χ4n) is 3.23. The van der Waals surface area contributed by atoms with Crippen molar-refractivity contribution in [2.45, 2.75) is 26.4 Å². The smallest absolute Gasteiger partial charge is 0.474 e. The zero-order chi connectivity index (χ0) is 25.4. The molecule has 3 aromatic rings. The topological polar surface area (TPSA) is 86.6 Å². The van der Waals surface area contributed by atoms with Gasteiger partial charge in [0.25, 0.3) is 0 Å². The minimum Gasteiger partial charge on any atom is -0.474 e. The van der Waals surface area contributed by atoms with Gasteiger partial charge in [0.1, 0.15) is 24.8 Å². The molecule has 2 N–H and O–H groups in total. The number of halogens is 4. The molecule has 1 aromatic heterocycles. The van der Waals surface area contributed by atoms with E-state index in [1.54, 1.807) is 37.3 Å². The van der Waals surface area contributed by atoms with Crippen LogP contribution < -0.4 is 20.1 Å². The number of hydrogen-bond acceptors (Lipinski definition) is 5. The van der Waals surface area contributed by atoms with Crippen LogP contribution in [0.5, 0.6) is 11.6 Å². The van der Waals surface area contributed by atoms with Crippen molar-refractivity contribution in [3.05, 3.63) is 65.2 Å². The summed E-state index contributed by atoms with van der Waals surface area (Å²) < 4.78 is 66.9. The van der Waals surface area contributed by atoms with Crippen LogP contribution in [0.1, 0.15) is 16.7 Å². The molecule has 0 bridgehead atoms. The van der Waals surface area contributed by atoms with E-state index < -0.39 is 24.8 Å². The molecule has 0 unspecified atom stereocenters. The maximum Gasteiger partial charge on any atom is 0.573 e. The molecule has 2 amide bonds. The zero-order valence-corrected chi connectivity index (χ0v) is 19.0. The van der Waals surface area contributed by atoms with Gasteiger partial charge in [-0.3, -0.25) is 5.32 Å². The number of aromatic nitrogens is 2. The molecule has 0 atom stereocenters. The van der Waals surface area contributed by atoms with Crippen molar-refractivity contribution >= 4 is 11.8 Å². The molecular weight excluding hydrogens is 472 g/mol. The van der Waals surface area contributed by atoms with Crippen molar-refractivity contribution in [3.63, 3.8) is 0 Å². The number of methoxy groups -OCH3 is 1. The molecule has 188 valence electrons. The quantitative estimate of drug-likeness (QED) is 0.390. The summed E-state index contributed by atoms with van der Waals surface area (Å²) in [6.45, 7) is 0.615. The van der Waals surface area contributed by atoms with Crippen molar-refractivity contribution < 1.29 is 36.6 Å². The molecule has 35 heavy (non-hydrogen) atoms. The first-order valence-electron chi connectivity index (χ1n) is 10.5. The normalized spacial score (nSPS) is 11.3. The van der Waals surface area contributed by atoms with Crippen LogP contribution in [0.25, 0.3) is 5.69 Å². The first-order valence-corrected chi connectivity index (χ1v) is 10.5. The number of carbonyl (C=O) groups is 1. The van der Waals surface area contributed by atoms with Gasteiger partial charge in [0, 0.05) is 19.2 Å². The average molecular weight is 496 g/mol. The van der Waals surface area contributed by atoms with Gasteiger partial charge < -0.3 is 19.5 Å². The Balaban J connectivity index is 1.81. The number of nitrogens with zero attached hydrogens (tertiary/aromatic N) is 2. The number of benzene rings is 2. The van der Waals surface area contributed by atoms with Gasteiger partial charge in [-0.25, -0.2) is 13.9 Å². The SMILES string of the molecule is COCc1ccc(OC(F)(F)F)c(CNC(=O)Nc2c(C)c(OCCF)nn2-c2ccccc2)c1. The summed E-state index contributed by atoms with van der Waals surface area (Å²) in [5.41, 5.74) is 1.76. The monoisotopic (exact) mass is 496 g/mol. The highest BCUT2D eigenvalue weighted by Crippen LogP contribution is 2.29. The van der Waals surface area contributed by atoms with Crippen LogP contribution >= 0.6 is 0 Å². The second-order valence-corrected chi connectivity index (χ2v) is 7.29. The lowest BCUT2D eigenvalue weighted by Gasteiger charge is -2.16. The van der Waals surface area contributed by atoms with E-state index in [1.165, 1.54) is 30.0 Å². The second kappa shape index (κ2) is 11.6. The standard InChI is InChI=1S/C23H24F4N4O4/c1-15-20(31(18-6-4-3-5-7-18)30-21(15)34-11-10-24)29-22(32)28-13-17-12-16(14-33-2)8-9-19(17)35-23(25,26)27/h3-9,12H,10-11,13-14H2,1-2H3,(H2,28,29,32). The molecule has 1 heterocycles. The molecule has 0 fully saturated rings. The lowest BCUT2D eigenvalue weighted by Crippen LogP contribution is -2.30. The highest BCUT2D eigenvalue weighted by molar-refractivity contribution is 5.89. The third-order valence-corrected chi connectivity index (χ3v) is 4.73. The summed E-state index contributed by atoms with van der Waals surface area (Å²) in [6.07, 6.45) is -4.89. The Morgan fingerprint density at radius 2 is 1.89 bits per heavy atom. The highest BCUT2D eigenvalue weighted by Gasteiger charge is 2.32. The van der Waals surface area contributed by atoms with E-state index in [2.05, 4.69) is 20.5 Å². The number of carbonyl (C=O) groups excluding carboxylic acids is 1. The molecule has 0 saturated heterocycles. The van der Waals surface area contributed by atoms with Crippen molar-refractivity contribution in [3.8, 4) is 17.3 Å². The molecule has 0 radical (unpaired) electrons. The van der Waals surface area contributed by atoms with Crippen molar-refractivity contribution in [2.24, 2.45) is 0 Å². The Bertz CT molecular complexity index is 1140. The number of rotatable bonds is 10. The van der Waals surface area contributed by atoms with Crippen LogP contribution in [0.4, 0.5) is 28.2 Å². The number of urea groups is 1. The van der Waals surface area contributed by atoms with Gasteiger partial charge in [-0.15, -0.1) is 18.3 Å². The molecule has 0 saturated carbocycles. The number of anilines is 1. The van der Waals surface area contributed by atoms with Crippen LogP contribution in [0.15, 0.2) is 48.5 Å². The lowest BCUT2D eigenvalue weighted by molar-refractivity contribution is -0.274. The zero-order valence-electron chi connectivity index (χ0n) is 19.0. The largest absolute Gasteiger partial charge is 0.573 e. The third-order valence-electron chi connectivity index (χ3n) is 4.73. The van der Waals surface area contributed by atoms with Gasteiger partial charge >= 0.3 is 12.4 Å². The number of para-hydroxylation sites is 1. The van der Waals surface area contributed by atoms with Crippen molar-refractivity contribution in [2.75, 3.05) is 25.7 Å². The van der Waals surface area contributed by atoms with Gasteiger partial charge in [-0.05, 0) is 36.8 Å². The predicted molar refractivity (Wildman–Crippen MR) is 119 cm³/mol. The summed E-state index contributed by atoms with van der Waals surface area (Å²) in [5.74, 6) is -0.0533. The maximum atomic E-state index is 12.8. The first-order chi connectivity index (χ1) is 16.7. The average Bonchev–Trinajstić information content (AvgIpc) is 3.12. The minimum absolute atomic E-state index is 0.104. The Hall–Kier alpha value is -3.80. The Morgan fingerprint density at radius 3 is 2.54 bits per heavy atom. The van der Waals surface area contributed by atoms with Crippen LogP contribution in [-0.4, -0.2) is 42.6 Å².